The number of carbonyl (C=O) groups excluding carboxylic acids is 1. The molecule has 7 heteroatoms. The first-order valence-electron chi connectivity index (χ1n) is 7.22. The van der Waals surface area contributed by atoms with Crippen LogP contribution < -0.4 is 40.3 Å². The van der Waals surface area contributed by atoms with Gasteiger partial charge in [0.05, 0.1) is 18.8 Å². The number of fused-ring (bicyclic) bond motifs is 1. The first-order chi connectivity index (χ1) is 11.4. The summed E-state index contributed by atoms with van der Waals surface area (Å²) < 4.78 is 4.57. The standard InChI is InChI=1S/C8H8O4.C8H6.C2H6O2.Na/c1-4-3-6(10)7(5(2)9)8(11)12-4;1-3-7-5-2-6-8(7)4-1;3-1-2-4;/h3,10H,1-2H3;1-6H;3-4H,1-2H2;/q;;;+1/p-1. The zero-order valence-electron chi connectivity index (χ0n) is 14.5. The number of rotatable bonds is 2. The summed E-state index contributed by atoms with van der Waals surface area (Å²) in [5, 5.41) is 26.3. The average Bonchev–Trinajstić information content (AvgIpc) is 3.10. The summed E-state index contributed by atoms with van der Waals surface area (Å²) in [6, 6.07) is 1.12. The SMILES string of the molecule is C1=CC2=CC=CC2=C1.CC(=O)c1c([O-])cc(C)oc1=O.OCCO.[Na+]. The monoisotopic (exact) mass is 354 g/mol. The molecule has 2 aliphatic rings. The van der Waals surface area contributed by atoms with Gasteiger partial charge < -0.3 is 19.7 Å². The maximum atomic E-state index is 11.0. The molecule has 0 saturated carbocycles. The largest absolute Gasteiger partial charge is 1.00 e. The summed E-state index contributed by atoms with van der Waals surface area (Å²) in [6.45, 7) is 2.38. The van der Waals surface area contributed by atoms with Crippen LogP contribution in [0.15, 0.2) is 62.9 Å². The quantitative estimate of drug-likeness (QED) is 0.478. The summed E-state index contributed by atoms with van der Waals surface area (Å²) >= 11 is 0. The fourth-order valence-corrected chi connectivity index (χ4v) is 1.91. The number of carbonyl (C=O) groups is 1. The maximum Gasteiger partial charge on any atom is 1.00 e. The molecule has 3 rings (SSSR count). The molecule has 1 heterocycles. The molecule has 0 fully saturated rings. The van der Waals surface area contributed by atoms with Gasteiger partial charge >= 0.3 is 35.2 Å². The molecular formula is C18H19NaO6. The Morgan fingerprint density at radius 1 is 1.12 bits per heavy atom. The second kappa shape index (κ2) is 11.8. The molecule has 0 spiro atoms. The molecule has 0 bridgehead atoms. The van der Waals surface area contributed by atoms with Crippen LogP contribution in [0.1, 0.15) is 23.0 Å². The summed E-state index contributed by atoms with van der Waals surface area (Å²) in [4.78, 5) is 21.7. The minimum atomic E-state index is -0.854. The van der Waals surface area contributed by atoms with E-state index in [2.05, 4.69) is 40.9 Å². The molecule has 1 aromatic heterocycles. The van der Waals surface area contributed by atoms with Crippen LogP contribution in [0, 0.1) is 6.92 Å². The number of hydrogen-bond acceptors (Lipinski definition) is 6. The molecule has 0 unspecified atom stereocenters. The van der Waals surface area contributed by atoms with Crippen molar-refractivity contribution in [1.82, 2.24) is 0 Å². The molecule has 0 radical (unpaired) electrons. The summed E-state index contributed by atoms with van der Waals surface area (Å²) in [7, 11) is 0. The molecule has 2 N–H and O–H groups in total. The minimum Gasteiger partial charge on any atom is -0.872 e. The molecule has 6 nitrogen and oxygen atoms in total. The van der Waals surface area contributed by atoms with Crippen molar-refractivity contribution < 1.29 is 54.1 Å². The van der Waals surface area contributed by atoms with Gasteiger partial charge in [-0.05, 0) is 31.1 Å². The van der Waals surface area contributed by atoms with Crippen LogP contribution >= 0.6 is 0 Å². The van der Waals surface area contributed by atoms with Crippen molar-refractivity contribution in [2.75, 3.05) is 13.2 Å². The Bertz CT molecular complexity index is 740. The van der Waals surface area contributed by atoms with Crippen molar-refractivity contribution >= 4 is 5.78 Å². The van der Waals surface area contributed by atoms with Gasteiger partial charge in [0, 0.05) is 0 Å². The van der Waals surface area contributed by atoms with Crippen LogP contribution in [0.4, 0.5) is 0 Å². The summed E-state index contributed by atoms with van der Waals surface area (Å²) in [5.74, 6) is -0.917. The van der Waals surface area contributed by atoms with Crippen LogP contribution in [0.25, 0.3) is 0 Å². The Hall–Kier alpha value is -1.70. The van der Waals surface area contributed by atoms with Gasteiger partial charge in [-0.1, -0.05) is 42.2 Å². The molecule has 0 atom stereocenters. The second-order valence-electron chi connectivity index (χ2n) is 4.85. The number of aliphatic hydroxyl groups excluding tert-OH is 2. The predicted octanol–water partition coefficient (Wildman–Crippen LogP) is -1.82. The van der Waals surface area contributed by atoms with Gasteiger partial charge in [0.15, 0.2) is 5.78 Å². The first kappa shape index (κ1) is 23.3. The smallest absolute Gasteiger partial charge is 0.872 e. The second-order valence-corrected chi connectivity index (χ2v) is 4.85. The number of aliphatic hydroxyl groups is 2. The van der Waals surface area contributed by atoms with Gasteiger partial charge in [-0.15, -0.1) is 0 Å². The zero-order valence-corrected chi connectivity index (χ0v) is 16.5. The predicted molar refractivity (Wildman–Crippen MR) is 87.8 cm³/mol. The third kappa shape index (κ3) is 7.37. The van der Waals surface area contributed by atoms with E-state index in [1.54, 1.807) is 0 Å². The Morgan fingerprint density at radius 3 is 1.96 bits per heavy atom. The van der Waals surface area contributed by atoms with E-state index in [0.29, 0.717) is 0 Å². The topological polar surface area (TPSA) is 111 Å². The number of ketones is 1. The van der Waals surface area contributed by atoms with Crippen LogP contribution in [0.3, 0.4) is 0 Å². The number of aryl methyl sites for hydroxylation is 1. The van der Waals surface area contributed by atoms with E-state index in [-0.39, 0.29) is 48.5 Å². The molecule has 128 valence electrons. The summed E-state index contributed by atoms with van der Waals surface area (Å²) in [6.07, 6.45) is 12.6. The van der Waals surface area contributed by atoms with Crippen molar-refractivity contribution in [2.24, 2.45) is 0 Å². The first-order valence-corrected chi connectivity index (χ1v) is 7.22. The number of hydrogen-bond donors (Lipinski definition) is 2. The van der Waals surface area contributed by atoms with E-state index in [1.165, 1.54) is 18.1 Å². The molecular weight excluding hydrogens is 335 g/mol. The average molecular weight is 354 g/mol. The Kier molecular flexibility index (Phi) is 11.0. The molecule has 0 aromatic carbocycles. The molecule has 0 aliphatic heterocycles. The molecule has 0 saturated heterocycles. The molecule has 25 heavy (non-hydrogen) atoms. The third-order valence-electron chi connectivity index (χ3n) is 2.93. The van der Waals surface area contributed by atoms with Gasteiger partial charge in [0.25, 0.3) is 0 Å². The molecule has 1 aromatic rings. The number of allylic oxidation sites excluding steroid dienone is 8. The van der Waals surface area contributed by atoms with Crippen molar-refractivity contribution in [3.05, 3.63) is 75.4 Å². The van der Waals surface area contributed by atoms with E-state index in [9.17, 15) is 14.7 Å². The van der Waals surface area contributed by atoms with Crippen molar-refractivity contribution in [1.29, 1.82) is 0 Å². The van der Waals surface area contributed by atoms with Gasteiger partial charge in [-0.3, -0.25) is 4.79 Å². The fourth-order valence-electron chi connectivity index (χ4n) is 1.91. The van der Waals surface area contributed by atoms with Gasteiger partial charge in [0.1, 0.15) is 5.76 Å². The van der Waals surface area contributed by atoms with E-state index in [1.807, 2.05) is 0 Å². The Morgan fingerprint density at radius 2 is 1.60 bits per heavy atom. The Labute approximate surface area is 167 Å². The number of Topliss-reactive ketones (excluding diaryl/α,β-unsaturated/α-hetero) is 1. The minimum absolute atomic E-state index is 0. The van der Waals surface area contributed by atoms with Crippen molar-refractivity contribution in [3.63, 3.8) is 0 Å². The Balaban J connectivity index is 0.000000383. The summed E-state index contributed by atoms with van der Waals surface area (Å²) in [5.41, 5.74) is 1.45. The van der Waals surface area contributed by atoms with Crippen LogP contribution in [0.2, 0.25) is 0 Å². The van der Waals surface area contributed by atoms with E-state index >= 15 is 0 Å². The van der Waals surface area contributed by atoms with Gasteiger partial charge in [-0.25, -0.2) is 4.79 Å². The fraction of sp³-hybridized carbons (Fsp3) is 0.222. The van der Waals surface area contributed by atoms with Crippen LogP contribution in [-0.4, -0.2) is 29.2 Å². The third-order valence-corrected chi connectivity index (χ3v) is 2.93. The van der Waals surface area contributed by atoms with Crippen LogP contribution in [0.5, 0.6) is 5.75 Å². The van der Waals surface area contributed by atoms with Crippen molar-refractivity contribution in [3.8, 4) is 5.75 Å². The van der Waals surface area contributed by atoms with E-state index in [4.69, 9.17) is 10.2 Å². The van der Waals surface area contributed by atoms with Gasteiger partial charge in [0.2, 0.25) is 0 Å². The molecule has 0 amide bonds. The zero-order chi connectivity index (χ0) is 18.1. The van der Waals surface area contributed by atoms with Crippen molar-refractivity contribution in [2.45, 2.75) is 13.8 Å². The van der Waals surface area contributed by atoms with Gasteiger partial charge in [-0.2, -0.15) is 0 Å². The molecule has 2 aliphatic carbocycles. The van der Waals surface area contributed by atoms with E-state index in [0.717, 1.165) is 13.0 Å². The normalized spacial score (nSPS) is 12.6. The van der Waals surface area contributed by atoms with E-state index < -0.39 is 22.7 Å². The van der Waals surface area contributed by atoms with Crippen LogP contribution in [-0.2, 0) is 0 Å². The maximum absolute atomic E-state index is 11.0.